The Morgan fingerprint density at radius 3 is 2.33 bits per heavy atom. The van der Waals surface area contributed by atoms with Crippen molar-refractivity contribution in [1.29, 1.82) is 0 Å². The number of para-hydroxylation sites is 2. The molecule has 4 aromatic carbocycles. The summed E-state index contributed by atoms with van der Waals surface area (Å²) in [6.45, 7) is 0. The maximum absolute atomic E-state index is 3.69. The van der Waals surface area contributed by atoms with E-state index < -0.39 is 0 Å². The van der Waals surface area contributed by atoms with Crippen molar-refractivity contribution in [3.63, 3.8) is 0 Å². The second-order valence-electron chi connectivity index (χ2n) is 8.60. The third kappa shape index (κ3) is 2.42. The molecule has 0 amide bonds. The van der Waals surface area contributed by atoms with E-state index in [-0.39, 0.29) is 0 Å². The van der Waals surface area contributed by atoms with Gasteiger partial charge in [0.1, 0.15) is 0 Å². The molecule has 0 atom stereocenters. The van der Waals surface area contributed by atoms with Gasteiger partial charge in [-0.3, -0.25) is 0 Å². The lowest BCUT2D eigenvalue weighted by Gasteiger charge is -2.21. The minimum atomic E-state index is 1.00. The van der Waals surface area contributed by atoms with Crippen molar-refractivity contribution < 1.29 is 0 Å². The van der Waals surface area contributed by atoms with Crippen LogP contribution in [0.3, 0.4) is 0 Å². The monoisotopic (exact) mass is 458 g/mol. The van der Waals surface area contributed by atoms with Crippen LogP contribution in [0.2, 0.25) is 0 Å². The zero-order valence-corrected chi connectivity index (χ0v) is 19.3. The molecular weight excluding hydrogens is 440 g/mol. The molecule has 1 aliphatic heterocycles. The van der Waals surface area contributed by atoms with E-state index in [1.54, 1.807) is 0 Å². The van der Waals surface area contributed by atoms with Gasteiger partial charge >= 0.3 is 0 Å². The zero-order valence-electron chi connectivity index (χ0n) is 17.6. The SMILES string of the molecule is C1=CC(n2c3ccccc3c3ccc4c(c32)Sc2ccc3c([nH]c5ccccc53)c2S4)=CC1. The van der Waals surface area contributed by atoms with E-state index >= 15 is 0 Å². The van der Waals surface area contributed by atoms with E-state index in [0.717, 1.165) is 6.42 Å². The van der Waals surface area contributed by atoms with Gasteiger partial charge in [0.2, 0.25) is 0 Å². The zero-order chi connectivity index (χ0) is 21.5. The molecule has 2 aromatic heterocycles. The highest BCUT2D eigenvalue weighted by molar-refractivity contribution is 8.05. The van der Waals surface area contributed by atoms with Gasteiger partial charge in [-0.1, -0.05) is 84.2 Å². The van der Waals surface area contributed by atoms with Gasteiger partial charge in [-0.2, -0.15) is 0 Å². The Bertz CT molecular complexity index is 1850. The van der Waals surface area contributed by atoms with Crippen LogP contribution >= 0.6 is 23.5 Å². The minimum absolute atomic E-state index is 1.00. The summed E-state index contributed by atoms with van der Waals surface area (Å²) in [5.74, 6) is 0. The van der Waals surface area contributed by atoms with Gasteiger partial charge in [-0.05, 0) is 36.8 Å². The summed E-state index contributed by atoms with van der Waals surface area (Å²) in [7, 11) is 0. The van der Waals surface area contributed by atoms with Crippen LogP contribution in [0.4, 0.5) is 0 Å². The van der Waals surface area contributed by atoms with Gasteiger partial charge in [0, 0.05) is 42.5 Å². The van der Waals surface area contributed by atoms with Crippen LogP contribution in [0.15, 0.2) is 111 Å². The molecule has 4 heteroatoms. The summed E-state index contributed by atoms with van der Waals surface area (Å²) in [5, 5.41) is 5.24. The van der Waals surface area contributed by atoms with Gasteiger partial charge in [0.05, 0.1) is 26.3 Å². The Hall–Kier alpha value is -3.34. The number of fused-ring (bicyclic) bond motifs is 10. The second-order valence-corrected chi connectivity index (χ2v) is 10.7. The smallest absolute Gasteiger partial charge is 0.0691 e. The molecule has 156 valence electrons. The molecule has 1 aliphatic carbocycles. The molecule has 0 spiro atoms. The molecule has 0 radical (unpaired) electrons. The summed E-state index contributed by atoms with van der Waals surface area (Å²) < 4.78 is 2.47. The topological polar surface area (TPSA) is 20.7 Å². The van der Waals surface area contributed by atoms with E-state index in [1.807, 2.05) is 23.5 Å². The van der Waals surface area contributed by atoms with Crippen LogP contribution < -0.4 is 0 Å². The standard InChI is InChI=1S/C29H18N2S2/c1-2-8-17(7-1)31-23-12-6-4-10-19(23)21-14-16-25-29(27(21)31)33-24-15-13-20-18-9-3-5-11-22(18)30-26(20)28(24)32-25/h1,3-16,30H,2H2. The molecule has 0 saturated heterocycles. The number of H-pyrrole nitrogens is 1. The first-order chi connectivity index (χ1) is 16.4. The van der Waals surface area contributed by atoms with E-state index in [4.69, 9.17) is 0 Å². The fourth-order valence-electron chi connectivity index (χ4n) is 5.34. The normalized spacial score (nSPS) is 15.0. The van der Waals surface area contributed by atoms with Gasteiger partial charge < -0.3 is 9.55 Å². The molecule has 3 heterocycles. The van der Waals surface area contributed by atoms with Crippen molar-refractivity contribution in [2.75, 3.05) is 0 Å². The Morgan fingerprint density at radius 1 is 0.697 bits per heavy atom. The van der Waals surface area contributed by atoms with E-state index in [0.29, 0.717) is 0 Å². The van der Waals surface area contributed by atoms with E-state index in [9.17, 15) is 0 Å². The molecule has 2 nitrogen and oxygen atoms in total. The second kappa shape index (κ2) is 6.60. The number of benzene rings is 4. The predicted octanol–water partition coefficient (Wildman–Crippen LogP) is 8.85. The van der Waals surface area contributed by atoms with Crippen LogP contribution in [0, 0.1) is 0 Å². The fourth-order valence-corrected chi connectivity index (χ4v) is 7.84. The number of aromatic amines is 1. The van der Waals surface area contributed by atoms with E-state index in [1.165, 1.54) is 68.9 Å². The average Bonchev–Trinajstić information content (AvgIpc) is 3.58. The molecule has 0 bridgehead atoms. The van der Waals surface area contributed by atoms with Gasteiger partial charge in [0.25, 0.3) is 0 Å². The van der Waals surface area contributed by atoms with Crippen LogP contribution in [0.1, 0.15) is 6.42 Å². The van der Waals surface area contributed by atoms with E-state index in [2.05, 4.69) is 101 Å². The lowest BCUT2D eigenvalue weighted by Crippen LogP contribution is -1.97. The molecular formula is C29H18N2S2. The third-order valence-electron chi connectivity index (χ3n) is 6.79. The molecule has 1 N–H and O–H groups in total. The number of hydrogen-bond acceptors (Lipinski definition) is 2. The minimum Gasteiger partial charge on any atom is -0.354 e. The van der Waals surface area contributed by atoms with Crippen LogP contribution in [-0.4, -0.2) is 9.55 Å². The van der Waals surface area contributed by atoms with Crippen molar-refractivity contribution >= 4 is 72.8 Å². The molecule has 0 unspecified atom stereocenters. The Morgan fingerprint density at radius 2 is 1.45 bits per heavy atom. The van der Waals surface area contributed by atoms with Crippen molar-refractivity contribution in [3.8, 4) is 0 Å². The number of allylic oxidation sites excluding steroid dienone is 4. The molecule has 0 saturated carbocycles. The fraction of sp³-hybridized carbons (Fsp3) is 0.0345. The first-order valence-electron chi connectivity index (χ1n) is 11.2. The van der Waals surface area contributed by atoms with Crippen molar-refractivity contribution in [3.05, 3.63) is 91.0 Å². The first kappa shape index (κ1) is 18.1. The molecule has 6 aromatic rings. The molecule has 0 fully saturated rings. The van der Waals surface area contributed by atoms with Gasteiger partial charge in [0.15, 0.2) is 0 Å². The molecule has 33 heavy (non-hydrogen) atoms. The van der Waals surface area contributed by atoms with Crippen molar-refractivity contribution in [1.82, 2.24) is 9.55 Å². The summed E-state index contributed by atoms with van der Waals surface area (Å²) in [6, 6.07) is 26.6. The Kier molecular flexibility index (Phi) is 3.62. The summed E-state index contributed by atoms with van der Waals surface area (Å²) in [6.07, 6.45) is 7.83. The van der Waals surface area contributed by atoms with Crippen LogP contribution in [0.5, 0.6) is 0 Å². The molecule has 2 aliphatic rings. The summed E-state index contributed by atoms with van der Waals surface area (Å²) in [4.78, 5) is 9.05. The lowest BCUT2D eigenvalue weighted by molar-refractivity contribution is 1.14. The largest absolute Gasteiger partial charge is 0.354 e. The maximum Gasteiger partial charge on any atom is 0.0691 e. The first-order valence-corrected chi connectivity index (χ1v) is 12.8. The maximum atomic E-state index is 3.69. The van der Waals surface area contributed by atoms with Crippen LogP contribution in [0.25, 0.3) is 49.3 Å². The Balaban J connectivity index is 1.42. The van der Waals surface area contributed by atoms with Gasteiger partial charge in [-0.15, -0.1) is 0 Å². The number of nitrogens with one attached hydrogen (secondary N) is 1. The summed E-state index contributed by atoms with van der Waals surface area (Å²) >= 11 is 3.81. The molecule has 8 rings (SSSR count). The number of nitrogens with zero attached hydrogens (tertiary/aromatic N) is 1. The summed E-state index contributed by atoms with van der Waals surface area (Å²) in [5.41, 5.74) is 6.33. The quantitative estimate of drug-likeness (QED) is 0.265. The average molecular weight is 459 g/mol. The third-order valence-corrected chi connectivity index (χ3v) is 9.41. The lowest BCUT2D eigenvalue weighted by atomic mass is 10.1. The number of rotatable bonds is 1. The Labute approximate surface area is 199 Å². The predicted molar refractivity (Wildman–Crippen MR) is 142 cm³/mol. The highest BCUT2D eigenvalue weighted by atomic mass is 32.2. The number of aromatic nitrogens is 2. The van der Waals surface area contributed by atoms with Crippen molar-refractivity contribution in [2.24, 2.45) is 0 Å². The highest BCUT2D eigenvalue weighted by Gasteiger charge is 2.26. The van der Waals surface area contributed by atoms with Crippen LogP contribution in [-0.2, 0) is 0 Å². The number of hydrogen-bond donors (Lipinski definition) is 1. The van der Waals surface area contributed by atoms with Crippen molar-refractivity contribution in [2.45, 2.75) is 26.0 Å². The van der Waals surface area contributed by atoms with Gasteiger partial charge in [-0.25, -0.2) is 0 Å². The highest BCUT2D eigenvalue weighted by Crippen LogP contribution is 2.54.